The van der Waals surface area contributed by atoms with Gasteiger partial charge in [0, 0.05) is 18.8 Å². The Morgan fingerprint density at radius 2 is 1.89 bits per heavy atom. The minimum Gasteiger partial charge on any atom is -0.379 e. The third kappa shape index (κ3) is 2.13. The summed E-state index contributed by atoms with van der Waals surface area (Å²) >= 11 is 0. The van der Waals surface area contributed by atoms with Gasteiger partial charge in [0.15, 0.2) is 0 Å². The predicted molar refractivity (Wildman–Crippen MR) is 62.9 cm³/mol. The molecule has 2 rings (SSSR count). The van der Waals surface area contributed by atoms with Crippen molar-refractivity contribution in [3.05, 3.63) is 53.4 Å². The maximum atomic E-state index is 13.2. The Hall–Kier alpha value is -1.75. The van der Waals surface area contributed by atoms with E-state index in [1.165, 1.54) is 6.92 Å². The number of nitrogens with zero attached hydrogens (tertiary/aromatic N) is 2. The third-order valence-electron chi connectivity index (χ3n) is 2.94. The Kier molecular flexibility index (Phi) is 3.17. The molecular weight excluding hydrogens is 238 g/mol. The molecule has 1 heterocycles. The number of aromatic nitrogens is 2. The number of aliphatic hydroxyl groups is 1. The molecule has 3 nitrogen and oxygen atoms in total. The van der Waals surface area contributed by atoms with Crippen LogP contribution in [0.2, 0.25) is 0 Å². The second-order valence-corrected chi connectivity index (χ2v) is 4.26. The summed E-state index contributed by atoms with van der Waals surface area (Å²) in [7, 11) is 0. The number of hydrogen-bond acceptors (Lipinski definition) is 2. The Balaban J connectivity index is 2.53. The molecule has 96 valence electrons. The summed E-state index contributed by atoms with van der Waals surface area (Å²) in [6.45, 7) is 3.93. The highest BCUT2D eigenvalue weighted by Crippen LogP contribution is 2.29. The van der Waals surface area contributed by atoms with Crippen LogP contribution >= 0.6 is 0 Å². The van der Waals surface area contributed by atoms with E-state index in [0.717, 1.165) is 18.2 Å². The quantitative estimate of drug-likeness (QED) is 0.911. The lowest BCUT2D eigenvalue weighted by Gasteiger charge is -2.24. The van der Waals surface area contributed by atoms with Crippen molar-refractivity contribution >= 4 is 0 Å². The van der Waals surface area contributed by atoms with Gasteiger partial charge in [-0.2, -0.15) is 5.10 Å². The van der Waals surface area contributed by atoms with E-state index in [0.29, 0.717) is 12.2 Å². The van der Waals surface area contributed by atoms with Gasteiger partial charge < -0.3 is 5.11 Å². The second-order valence-electron chi connectivity index (χ2n) is 4.26. The van der Waals surface area contributed by atoms with Crippen LogP contribution in [0.3, 0.4) is 0 Å². The molecular formula is C13H14F2N2O. The van der Waals surface area contributed by atoms with Crippen molar-refractivity contribution in [2.45, 2.75) is 26.0 Å². The van der Waals surface area contributed by atoms with Crippen LogP contribution in [-0.2, 0) is 12.1 Å². The molecule has 5 heteroatoms. The van der Waals surface area contributed by atoms with Gasteiger partial charge in [0.2, 0.25) is 0 Å². The molecule has 0 radical (unpaired) electrons. The van der Waals surface area contributed by atoms with Gasteiger partial charge in [-0.05, 0) is 37.6 Å². The van der Waals surface area contributed by atoms with E-state index in [9.17, 15) is 13.9 Å². The summed E-state index contributed by atoms with van der Waals surface area (Å²) in [5.41, 5.74) is -0.833. The normalized spacial score (nSPS) is 14.5. The maximum Gasteiger partial charge on any atom is 0.128 e. The summed E-state index contributed by atoms with van der Waals surface area (Å²) in [4.78, 5) is 0. The van der Waals surface area contributed by atoms with Crippen LogP contribution in [0.1, 0.15) is 25.1 Å². The van der Waals surface area contributed by atoms with Gasteiger partial charge in [-0.15, -0.1) is 0 Å². The smallest absolute Gasteiger partial charge is 0.128 e. The third-order valence-corrected chi connectivity index (χ3v) is 2.94. The van der Waals surface area contributed by atoms with E-state index in [1.54, 1.807) is 16.9 Å². The topological polar surface area (TPSA) is 38.0 Å². The first-order valence-electron chi connectivity index (χ1n) is 5.66. The molecule has 1 N–H and O–H groups in total. The van der Waals surface area contributed by atoms with Gasteiger partial charge >= 0.3 is 0 Å². The molecule has 2 aromatic rings. The fraction of sp³-hybridized carbons (Fsp3) is 0.308. The Labute approximate surface area is 104 Å². The van der Waals surface area contributed by atoms with E-state index < -0.39 is 17.2 Å². The van der Waals surface area contributed by atoms with Crippen molar-refractivity contribution in [1.29, 1.82) is 0 Å². The standard InChI is InChI=1S/C13H14F2N2O/c1-3-17-12(4-5-16-17)13(2,18)9-6-10(14)8-11(15)7-9/h4-8,18H,3H2,1-2H3. The van der Waals surface area contributed by atoms with E-state index in [1.807, 2.05) is 6.92 Å². The Morgan fingerprint density at radius 1 is 1.28 bits per heavy atom. The number of halogens is 2. The van der Waals surface area contributed by atoms with Gasteiger partial charge in [0.25, 0.3) is 0 Å². The van der Waals surface area contributed by atoms with E-state index >= 15 is 0 Å². The minimum absolute atomic E-state index is 0.162. The summed E-state index contributed by atoms with van der Waals surface area (Å²) in [5.74, 6) is -1.43. The molecule has 1 atom stereocenters. The molecule has 0 aliphatic carbocycles. The fourth-order valence-corrected chi connectivity index (χ4v) is 1.98. The van der Waals surface area contributed by atoms with Crippen LogP contribution in [0.25, 0.3) is 0 Å². The van der Waals surface area contributed by atoms with Crippen LogP contribution in [0.15, 0.2) is 30.5 Å². The highest BCUT2D eigenvalue weighted by Gasteiger charge is 2.30. The van der Waals surface area contributed by atoms with Crippen LogP contribution < -0.4 is 0 Å². The second kappa shape index (κ2) is 4.49. The molecule has 0 bridgehead atoms. The number of rotatable bonds is 3. The zero-order valence-electron chi connectivity index (χ0n) is 10.2. The van der Waals surface area contributed by atoms with Crippen molar-refractivity contribution in [3.63, 3.8) is 0 Å². The average Bonchev–Trinajstić information content (AvgIpc) is 2.76. The summed E-state index contributed by atoms with van der Waals surface area (Å²) in [6.07, 6.45) is 1.54. The van der Waals surface area contributed by atoms with Crippen LogP contribution in [-0.4, -0.2) is 14.9 Å². The predicted octanol–water partition coefficient (Wildman–Crippen LogP) is 2.44. The molecule has 0 saturated heterocycles. The van der Waals surface area contributed by atoms with Crippen LogP contribution in [0.5, 0.6) is 0 Å². The highest BCUT2D eigenvalue weighted by atomic mass is 19.1. The first-order chi connectivity index (χ1) is 8.45. The molecule has 0 aliphatic rings. The minimum atomic E-state index is -1.49. The van der Waals surface area contributed by atoms with Crippen LogP contribution in [0, 0.1) is 11.6 Å². The summed E-state index contributed by atoms with van der Waals surface area (Å²) in [6, 6.07) is 4.65. The Bertz CT molecular complexity index is 544. The lowest BCUT2D eigenvalue weighted by atomic mass is 9.92. The molecule has 1 aromatic carbocycles. The molecule has 0 saturated carbocycles. The number of benzene rings is 1. The molecule has 18 heavy (non-hydrogen) atoms. The first-order valence-corrected chi connectivity index (χ1v) is 5.66. The fourth-order valence-electron chi connectivity index (χ4n) is 1.98. The van der Waals surface area contributed by atoms with Gasteiger partial charge in [-0.25, -0.2) is 8.78 Å². The largest absolute Gasteiger partial charge is 0.379 e. The molecule has 1 aromatic heterocycles. The van der Waals surface area contributed by atoms with Gasteiger partial charge in [0.05, 0.1) is 5.69 Å². The van der Waals surface area contributed by atoms with Gasteiger partial charge in [-0.3, -0.25) is 4.68 Å². The molecule has 1 unspecified atom stereocenters. The highest BCUT2D eigenvalue weighted by molar-refractivity contribution is 5.32. The van der Waals surface area contributed by atoms with Gasteiger partial charge in [-0.1, -0.05) is 0 Å². The van der Waals surface area contributed by atoms with E-state index in [2.05, 4.69) is 5.10 Å². The number of aryl methyl sites for hydroxylation is 1. The van der Waals surface area contributed by atoms with Crippen molar-refractivity contribution in [3.8, 4) is 0 Å². The molecule has 0 fully saturated rings. The van der Waals surface area contributed by atoms with Crippen molar-refractivity contribution in [2.24, 2.45) is 0 Å². The van der Waals surface area contributed by atoms with Crippen molar-refractivity contribution in [1.82, 2.24) is 9.78 Å². The molecule has 0 amide bonds. The van der Waals surface area contributed by atoms with Crippen LogP contribution in [0.4, 0.5) is 8.78 Å². The summed E-state index contributed by atoms with van der Waals surface area (Å²) < 4.78 is 28.0. The van der Waals surface area contributed by atoms with Crippen molar-refractivity contribution in [2.75, 3.05) is 0 Å². The molecule has 0 aliphatic heterocycles. The Morgan fingerprint density at radius 3 is 2.44 bits per heavy atom. The number of hydrogen-bond donors (Lipinski definition) is 1. The molecule has 0 spiro atoms. The van der Waals surface area contributed by atoms with E-state index in [-0.39, 0.29) is 5.56 Å². The first kappa shape index (κ1) is 12.7. The van der Waals surface area contributed by atoms with Gasteiger partial charge in [0.1, 0.15) is 17.2 Å². The summed E-state index contributed by atoms with van der Waals surface area (Å²) in [5, 5.41) is 14.6. The zero-order chi connectivity index (χ0) is 13.3. The SMILES string of the molecule is CCn1nccc1C(C)(O)c1cc(F)cc(F)c1. The lowest BCUT2D eigenvalue weighted by Crippen LogP contribution is -2.27. The zero-order valence-corrected chi connectivity index (χ0v) is 10.2. The average molecular weight is 252 g/mol. The monoisotopic (exact) mass is 252 g/mol. The lowest BCUT2D eigenvalue weighted by molar-refractivity contribution is 0.0910. The van der Waals surface area contributed by atoms with E-state index in [4.69, 9.17) is 0 Å². The maximum absolute atomic E-state index is 13.2. The van der Waals surface area contributed by atoms with Crippen molar-refractivity contribution < 1.29 is 13.9 Å².